The highest BCUT2D eigenvalue weighted by Gasteiger charge is 2.20. The Morgan fingerprint density at radius 2 is 2.00 bits per heavy atom. The Labute approximate surface area is 95.4 Å². The maximum atomic E-state index is 3.61. The Morgan fingerprint density at radius 1 is 1.27 bits per heavy atom. The predicted molar refractivity (Wildman–Crippen MR) is 67.1 cm³/mol. The van der Waals surface area contributed by atoms with Gasteiger partial charge in [-0.1, -0.05) is 27.7 Å². The summed E-state index contributed by atoms with van der Waals surface area (Å²) in [5.41, 5.74) is 0. The average Bonchev–Trinajstić information content (AvgIpc) is 2.17. The summed E-state index contributed by atoms with van der Waals surface area (Å²) in [5, 5.41) is 3.61. The molecular weight excluding hydrogens is 184 g/mol. The molecule has 0 spiro atoms. The highest BCUT2D eigenvalue weighted by Crippen LogP contribution is 2.10. The molecule has 0 aromatic heterocycles. The maximum absolute atomic E-state index is 3.61. The third-order valence-corrected chi connectivity index (χ3v) is 3.35. The van der Waals surface area contributed by atoms with Gasteiger partial charge in [-0.05, 0) is 31.2 Å². The summed E-state index contributed by atoms with van der Waals surface area (Å²) >= 11 is 0. The summed E-state index contributed by atoms with van der Waals surface area (Å²) in [6.45, 7) is 14.2. The van der Waals surface area contributed by atoms with Crippen LogP contribution >= 0.6 is 0 Å². The summed E-state index contributed by atoms with van der Waals surface area (Å²) in [4.78, 5) is 2.63. The van der Waals surface area contributed by atoms with Crippen molar-refractivity contribution in [3.05, 3.63) is 0 Å². The Balaban J connectivity index is 2.18. The molecule has 0 aliphatic carbocycles. The molecule has 15 heavy (non-hydrogen) atoms. The van der Waals surface area contributed by atoms with Crippen molar-refractivity contribution in [3.8, 4) is 0 Å². The van der Waals surface area contributed by atoms with Crippen molar-refractivity contribution in [1.29, 1.82) is 0 Å². The van der Waals surface area contributed by atoms with E-state index in [0.29, 0.717) is 6.04 Å². The van der Waals surface area contributed by atoms with Crippen LogP contribution in [0.5, 0.6) is 0 Å². The summed E-state index contributed by atoms with van der Waals surface area (Å²) in [6, 6.07) is 0.706. The highest BCUT2D eigenvalue weighted by atomic mass is 15.2. The van der Waals surface area contributed by atoms with E-state index in [2.05, 4.69) is 37.9 Å². The van der Waals surface area contributed by atoms with Crippen molar-refractivity contribution in [2.45, 2.75) is 46.6 Å². The van der Waals surface area contributed by atoms with E-state index in [9.17, 15) is 0 Å². The average molecular weight is 212 g/mol. The Morgan fingerprint density at radius 3 is 2.60 bits per heavy atom. The van der Waals surface area contributed by atoms with E-state index in [4.69, 9.17) is 0 Å². The number of rotatable bonds is 5. The molecule has 1 rings (SSSR count). The number of hydrogen-bond donors (Lipinski definition) is 1. The van der Waals surface area contributed by atoms with Gasteiger partial charge in [0.25, 0.3) is 0 Å². The second-order valence-corrected chi connectivity index (χ2v) is 5.64. The third kappa shape index (κ3) is 4.98. The molecule has 0 bridgehead atoms. The molecule has 0 saturated carbocycles. The monoisotopic (exact) mass is 212 g/mol. The molecule has 90 valence electrons. The lowest BCUT2D eigenvalue weighted by Gasteiger charge is -2.35. The van der Waals surface area contributed by atoms with Gasteiger partial charge in [0.15, 0.2) is 0 Å². The van der Waals surface area contributed by atoms with Crippen LogP contribution in [0.15, 0.2) is 0 Å². The van der Waals surface area contributed by atoms with Crippen molar-refractivity contribution in [2.75, 3.05) is 26.2 Å². The van der Waals surface area contributed by atoms with E-state index in [-0.39, 0.29) is 0 Å². The summed E-state index contributed by atoms with van der Waals surface area (Å²) in [7, 11) is 0. The first kappa shape index (κ1) is 13.0. The zero-order chi connectivity index (χ0) is 11.3. The van der Waals surface area contributed by atoms with Gasteiger partial charge in [-0.2, -0.15) is 0 Å². The Hall–Kier alpha value is -0.0800. The van der Waals surface area contributed by atoms with Crippen molar-refractivity contribution in [2.24, 2.45) is 11.8 Å². The van der Waals surface area contributed by atoms with Gasteiger partial charge in [0, 0.05) is 25.7 Å². The lowest BCUT2D eigenvalue weighted by atomic mass is 10.0. The van der Waals surface area contributed by atoms with Gasteiger partial charge in [0.2, 0.25) is 0 Å². The van der Waals surface area contributed by atoms with Gasteiger partial charge in [0.05, 0.1) is 0 Å². The van der Waals surface area contributed by atoms with E-state index < -0.39 is 0 Å². The van der Waals surface area contributed by atoms with Crippen LogP contribution in [0.1, 0.15) is 40.5 Å². The van der Waals surface area contributed by atoms with Crippen LogP contribution < -0.4 is 5.32 Å². The van der Waals surface area contributed by atoms with E-state index in [1.807, 2.05) is 0 Å². The first-order valence-electron chi connectivity index (χ1n) is 6.55. The standard InChI is InChI=1S/C13H28N2/c1-11(2)6-5-8-15-9-7-14-13(10-15)12(3)4/h11-14H,5-10H2,1-4H3. The molecule has 1 N–H and O–H groups in total. The molecule has 0 radical (unpaired) electrons. The SMILES string of the molecule is CC(C)CCCN1CCNC(C(C)C)C1. The van der Waals surface area contributed by atoms with Crippen molar-refractivity contribution in [1.82, 2.24) is 10.2 Å². The van der Waals surface area contributed by atoms with Gasteiger partial charge >= 0.3 is 0 Å². The van der Waals surface area contributed by atoms with Crippen LogP contribution in [0.25, 0.3) is 0 Å². The van der Waals surface area contributed by atoms with Gasteiger partial charge < -0.3 is 10.2 Å². The quantitative estimate of drug-likeness (QED) is 0.752. The smallest absolute Gasteiger partial charge is 0.0218 e. The van der Waals surface area contributed by atoms with Gasteiger partial charge in [-0.15, -0.1) is 0 Å². The Kier molecular flexibility index (Phi) is 5.62. The molecule has 1 aliphatic heterocycles. The third-order valence-electron chi connectivity index (χ3n) is 3.35. The number of piperazine rings is 1. The van der Waals surface area contributed by atoms with Crippen LogP contribution in [-0.4, -0.2) is 37.1 Å². The molecular formula is C13H28N2. The molecule has 1 saturated heterocycles. The van der Waals surface area contributed by atoms with E-state index >= 15 is 0 Å². The Bertz CT molecular complexity index is 166. The minimum atomic E-state index is 0.706. The molecule has 1 unspecified atom stereocenters. The van der Waals surface area contributed by atoms with Crippen LogP contribution in [0, 0.1) is 11.8 Å². The van der Waals surface area contributed by atoms with Crippen molar-refractivity contribution < 1.29 is 0 Å². The molecule has 2 heteroatoms. The van der Waals surface area contributed by atoms with Gasteiger partial charge in [-0.25, -0.2) is 0 Å². The summed E-state index contributed by atoms with van der Waals surface area (Å²) < 4.78 is 0. The fraction of sp³-hybridized carbons (Fsp3) is 1.00. The first-order valence-corrected chi connectivity index (χ1v) is 6.55. The molecule has 0 amide bonds. The van der Waals surface area contributed by atoms with E-state index in [0.717, 1.165) is 11.8 Å². The van der Waals surface area contributed by atoms with Crippen LogP contribution in [0.3, 0.4) is 0 Å². The molecule has 1 fully saturated rings. The van der Waals surface area contributed by atoms with Crippen molar-refractivity contribution >= 4 is 0 Å². The second kappa shape index (κ2) is 6.49. The fourth-order valence-corrected chi connectivity index (χ4v) is 2.21. The zero-order valence-corrected chi connectivity index (χ0v) is 10.9. The van der Waals surface area contributed by atoms with Crippen molar-refractivity contribution in [3.63, 3.8) is 0 Å². The fourth-order valence-electron chi connectivity index (χ4n) is 2.21. The number of nitrogens with zero attached hydrogens (tertiary/aromatic N) is 1. The largest absolute Gasteiger partial charge is 0.311 e. The molecule has 1 heterocycles. The van der Waals surface area contributed by atoms with E-state index in [1.165, 1.54) is 39.0 Å². The van der Waals surface area contributed by atoms with Crippen LogP contribution in [0.4, 0.5) is 0 Å². The lowest BCUT2D eigenvalue weighted by Crippen LogP contribution is -2.52. The summed E-state index contributed by atoms with van der Waals surface area (Å²) in [6.07, 6.45) is 2.73. The topological polar surface area (TPSA) is 15.3 Å². The molecule has 1 aliphatic rings. The minimum Gasteiger partial charge on any atom is -0.311 e. The second-order valence-electron chi connectivity index (χ2n) is 5.64. The first-order chi connectivity index (χ1) is 7.09. The van der Waals surface area contributed by atoms with Crippen LogP contribution in [0.2, 0.25) is 0 Å². The predicted octanol–water partition coefficient (Wildman–Crippen LogP) is 2.35. The minimum absolute atomic E-state index is 0.706. The zero-order valence-electron chi connectivity index (χ0n) is 10.9. The number of nitrogens with one attached hydrogen (secondary N) is 1. The normalized spacial score (nSPS) is 24.0. The van der Waals surface area contributed by atoms with Gasteiger partial charge in [0.1, 0.15) is 0 Å². The molecule has 0 aromatic carbocycles. The molecule has 2 nitrogen and oxygen atoms in total. The lowest BCUT2D eigenvalue weighted by molar-refractivity contribution is 0.171. The maximum Gasteiger partial charge on any atom is 0.0218 e. The van der Waals surface area contributed by atoms with Crippen LogP contribution in [-0.2, 0) is 0 Å². The number of hydrogen-bond acceptors (Lipinski definition) is 2. The highest BCUT2D eigenvalue weighted by molar-refractivity contribution is 4.80. The van der Waals surface area contributed by atoms with E-state index in [1.54, 1.807) is 0 Å². The van der Waals surface area contributed by atoms with Gasteiger partial charge in [-0.3, -0.25) is 0 Å². The summed E-state index contributed by atoms with van der Waals surface area (Å²) in [5.74, 6) is 1.62. The molecule has 0 aromatic rings. The molecule has 1 atom stereocenters.